The molecule has 3 aromatic rings. The summed E-state index contributed by atoms with van der Waals surface area (Å²) in [5, 5.41) is 19.4. The lowest BCUT2D eigenvalue weighted by atomic mass is 10.0. The molecule has 1 aliphatic rings. The van der Waals surface area contributed by atoms with Gasteiger partial charge in [0.25, 0.3) is 5.56 Å². The van der Waals surface area contributed by atoms with Crippen LogP contribution in [0.1, 0.15) is 16.8 Å². The van der Waals surface area contributed by atoms with Gasteiger partial charge in [0.05, 0.1) is 11.3 Å². The van der Waals surface area contributed by atoms with Crippen molar-refractivity contribution < 1.29 is 10.2 Å². The van der Waals surface area contributed by atoms with Crippen LogP contribution in [-0.2, 0) is 19.5 Å². The summed E-state index contributed by atoms with van der Waals surface area (Å²) in [7, 11) is 0. The summed E-state index contributed by atoms with van der Waals surface area (Å²) in [4.78, 5) is 22.2. The zero-order valence-electron chi connectivity index (χ0n) is 14.1. The molecule has 0 bridgehead atoms. The zero-order chi connectivity index (χ0) is 18.1. The highest BCUT2D eigenvalue weighted by atomic mass is 16.3. The molecule has 1 aromatic heterocycles. The fourth-order valence-corrected chi connectivity index (χ4v) is 3.28. The van der Waals surface area contributed by atoms with E-state index >= 15 is 0 Å². The monoisotopic (exact) mass is 349 g/mol. The maximum atomic E-state index is 12.6. The molecule has 2 aromatic carbocycles. The molecule has 0 fully saturated rings. The largest absolute Gasteiger partial charge is 0.508 e. The van der Waals surface area contributed by atoms with Crippen LogP contribution in [0.3, 0.4) is 0 Å². The minimum absolute atomic E-state index is 0.0318. The normalized spacial score (nSPS) is 14.2. The summed E-state index contributed by atoms with van der Waals surface area (Å²) < 4.78 is 0. The molecule has 0 unspecified atom stereocenters. The summed E-state index contributed by atoms with van der Waals surface area (Å²) >= 11 is 0. The van der Waals surface area contributed by atoms with Crippen molar-refractivity contribution in [1.82, 2.24) is 14.9 Å². The summed E-state index contributed by atoms with van der Waals surface area (Å²) in [6.07, 6.45) is 0.679. The molecule has 1 aliphatic heterocycles. The number of nitrogens with one attached hydrogen (secondary N) is 1. The molecule has 0 spiro atoms. The lowest BCUT2D eigenvalue weighted by Crippen LogP contribution is -2.35. The molecule has 0 amide bonds. The molecule has 0 saturated carbocycles. The van der Waals surface area contributed by atoms with Crippen molar-refractivity contribution in [3.63, 3.8) is 0 Å². The van der Waals surface area contributed by atoms with Crippen molar-refractivity contribution in [3.8, 4) is 22.9 Å². The van der Waals surface area contributed by atoms with Crippen LogP contribution in [0.15, 0.2) is 53.3 Å². The van der Waals surface area contributed by atoms with Crippen molar-refractivity contribution >= 4 is 0 Å². The van der Waals surface area contributed by atoms with Crippen molar-refractivity contribution in [2.45, 2.75) is 19.5 Å². The zero-order valence-corrected chi connectivity index (χ0v) is 14.1. The van der Waals surface area contributed by atoms with E-state index in [4.69, 9.17) is 0 Å². The first-order valence-corrected chi connectivity index (χ1v) is 8.51. The van der Waals surface area contributed by atoms with Gasteiger partial charge in [0, 0.05) is 43.2 Å². The van der Waals surface area contributed by atoms with Crippen molar-refractivity contribution in [2.24, 2.45) is 0 Å². The quantitative estimate of drug-likeness (QED) is 0.676. The number of hydrogen-bond acceptors (Lipinski definition) is 5. The highest BCUT2D eigenvalue weighted by Crippen LogP contribution is 2.26. The van der Waals surface area contributed by atoms with Gasteiger partial charge in [-0.2, -0.15) is 0 Å². The van der Waals surface area contributed by atoms with Gasteiger partial charge >= 0.3 is 0 Å². The van der Waals surface area contributed by atoms with Crippen molar-refractivity contribution in [2.75, 3.05) is 6.54 Å². The number of aromatic nitrogens is 2. The number of hydrogen-bond donors (Lipinski definition) is 3. The number of fused-ring (bicyclic) bond motifs is 1. The Hall–Kier alpha value is -3.12. The minimum atomic E-state index is -0.117. The van der Waals surface area contributed by atoms with Crippen LogP contribution in [0.2, 0.25) is 0 Å². The van der Waals surface area contributed by atoms with Gasteiger partial charge in [-0.15, -0.1) is 0 Å². The topological polar surface area (TPSA) is 89.5 Å². The predicted octanol–water partition coefficient (Wildman–Crippen LogP) is 2.41. The summed E-state index contributed by atoms with van der Waals surface area (Å²) in [5.74, 6) is 0.686. The fourth-order valence-electron chi connectivity index (χ4n) is 3.28. The van der Waals surface area contributed by atoms with Crippen molar-refractivity contribution in [3.05, 3.63) is 75.7 Å². The Labute approximate surface area is 150 Å². The highest BCUT2D eigenvalue weighted by Gasteiger charge is 2.22. The molecule has 0 saturated heterocycles. The molecule has 0 atom stereocenters. The first-order chi connectivity index (χ1) is 12.6. The molecule has 2 heterocycles. The Balaban J connectivity index is 1.58. The molecular weight excluding hydrogens is 330 g/mol. The van der Waals surface area contributed by atoms with E-state index in [0.717, 1.165) is 23.4 Å². The molecule has 0 aliphatic carbocycles. The summed E-state index contributed by atoms with van der Waals surface area (Å²) in [5.41, 5.74) is 3.00. The number of phenols is 2. The number of nitrogens with zero attached hydrogens (tertiary/aromatic N) is 2. The van der Waals surface area contributed by atoms with E-state index in [1.54, 1.807) is 12.1 Å². The third kappa shape index (κ3) is 3.19. The van der Waals surface area contributed by atoms with Gasteiger partial charge in [-0.05, 0) is 6.07 Å². The predicted molar refractivity (Wildman–Crippen MR) is 97.9 cm³/mol. The van der Waals surface area contributed by atoms with Gasteiger partial charge in [0.15, 0.2) is 0 Å². The van der Waals surface area contributed by atoms with Crippen LogP contribution in [0.4, 0.5) is 0 Å². The molecule has 132 valence electrons. The van der Waals surface area contributed by atoms with E-state index in [-0.39, 0.29) is 17.1 Å². The van der Waals surface area contributed by atoms with Gasteiger partial charge in [-0.25, -0.2) is 4.98 Å². The first kappa shape index (κ1) is 16.4. The van der Waals surface area contributed by atoms with Crippen LogP contribution >= 0.6 is 0 Å². The average molecular weight is 349 g/mol. The number of rotatable bonds is 3. The van der Waals surface area contributed by atoms with Crippen molar-refractivity contribution in [1.29, 1.82) is 0 Å². The molecule has 0 radical (unpaired) electrons. The first-order valence-electron chi connectivity index (χ1n) is 8.51. The summed E-state index contributed by atoms with van der Waals surface area (Å²) in [6.45, 7) is 1.73. The number of aromatic amines is 1. The molecule has 4 rings (SSSR count). The Bertz CT molecular complexity index is 999. The standard InChI is InChI=1S/C20H19N3O3/c24-15-7-6-14(18(25)10-15)11-23-9-8-17-16(12-23)20(26)22-19(21-17)13-4-2-1-3-5-13/h1-7,10,24-25H,8-9,11-12H2,(H,21,22,26). The Kier molecular flexibility index (Phi) is 4.18. The Morgan fingerprint density at radius 2 is 1.92 bits per heavy atom. The second kappa shape index (κ2) is 6.65. The van der Waals surface area contributed by atoms with Crippen LogP contribution < -0.4 is 5.56 Å². The van der Waals surface area contributed by atoms with E-state index in [0.29, 0.717) is 30.9 Å². The smallest absolute Gasteiger partial charge is 0.255 e. The van der Waals surface area contributed by atoms with Crippen LogP contribution in [0.5, 0.6) is 11.5 Å². The van der Waals surface area contributed by atoms with E-state index in [9.17, 15) is 15.0 Å². The SMILES string of the molecule is O=c1[nH]c(-c2ccccc2)nc2c1CN(Cc1ccc(O)cc1O)CC2. The molecule has 3 N–H and O–H groups in total. The van der Waals surface area contributed by atoms with E-state index < -0.39 is 0 Å². The maximum absolute atomic E-state index is 12.6. The number of aromatic hydroxyl groups is 2. The van der Waals surface area contributed by atoms with Gasteiger partial charge in [-0.3, -0.25) is 9.69 Å². The molecule has 26 heavy (non-hydrogen) atoms. The van der Waals surface area contributed by atoms with Gasteiger partial charge in [0.2, 0.25) is 0 Å². The second-order valence-corrected chi connectivity index (χ2v) is 6.48. The minimum Gasteiger partial charge on any atom is -0.508 e. The highest BCUT2D eigenvalue weighted by molar-refractivity contribution is 5.54. The Morgan fingerprint density at radius 3 is 2.69 bits per heavy atom. The van der Waals surface area contributed by atoms with Crippen LogP contribution in [-0.4, -0.2) is 31.6 Å². The maximum Gasteiger partial charge on any atom is 0.255 e. The second-order valence-electron chi connectivity index (χ2n) is 6.48. The lowest BCUT2D eigenvalue weighted by molar-refractivity contribution is 0.238. The van der Waals surface area contributed by atoms with Gasteiger partial charge in [0.1, 0.15) is 17.3 Å². The Morgan fingerprint density at radius 1 is 1.12 bits per heavy atom. The average Bonchev–Trinajstić information content (AvgIpc) is 2.65. The van der Waals surface area contributed by atoms with Gasteiger partial charge < -0.3 is 15.2 Å². The molecular formula is C20H19N3O3. The molecule has 6 heteroatoms. The van der Waals surface area contributed by atoms with Crippen LogP contribution in [0, 0.1) is 0 Å². The lowest BCUT2D eigenvalue weighted by Gasteiger charge is -2.28. The number of benzene rings is 2. The molecule has 6 nitrogen and oxygen atoms in total. The number of H-pyrrole nitrogens is 1. The van der Waals surface area contributed by atoms with E-state index in [2.05, 4.69) is 14.9 Å². The fraction of sp³-hybridized carbons (Fsp3) is 0.200. The number of phenolic OH excluding ortho intramolecular Hbond substituents is 2. The van der Waals surface area contributed by atoms with E-state index in [1.807, 2.05) is 30.3 Å². The van der Waals surface area contributed by atoms with Crippen LogP contribution in [0.25, 0.3) is 11.4 Å². The summed E-state index contributed by atoms with van der Waals surface area (Å²) in [6, 6.07) is 14.2. The van der Waals surface area contributed by atoms with Gasteiger partial charge in [-0.1, -0.05) is 36.4 Å². The third-order valence-corrected chi connectivity index (χ3v) is 4.66. The van der Waals surface area contributed by atoms with E-state index in [1.165, 1.54) is 6.07 Å². The third-order valence-electron chi connectivity index (χ3n) is 4.66.